The average molecular weight is 133 g/mol. The average Bonchev–Trinajstić information content (AvgIpc) is 2.36. The van der Waals surface area contributed by atoms with Crippen molar-refractivity contribution in [2.75, 3.05) is 0 Å². The van der Waals surface area contributed by atoms with Crippen LogP contribution in [0.3, 0.4) is 0 Å². The minimum Gasteiger partial charge on any atom is -0.283 e. The first-order chi connectivity index (χ1) is 4.88. The molecule has 0 unspecified atom stereocenters. The first-order valence-corrected chi connectivity index (χ1v) is 2.88. The van der Waals surface area contributed by atoms with Crippen LogP contribution in [-0.4, -0.2) is 14.6 Å². The second-order valence-electron chi connectivity index (χ2n) is 1.93. The predicted octanol–water partition coefficient (Wildman–Crippen LogP) is 0.644. The molecule has 0 bridgehead atoms. The van der Waals surface area contributed by atoms with E-state index in [0.29, 0.717) is 11.5 Å². The maximum absolute atomic E-state index is 7.34. The van der Waals surface area contributed by atoms with Crippen molar-refractivity contribution in [1.82, 2.24) is 20.3 Å². The van der Waals surface area contributed by atoms with E-state index in [4.69, 9.17) is 5.73 Å². The minimum atomic E-state index is 0.356. The van der Waals surface area contributed by atoms with Gasteiger partial charge < -0.3 is 0 Å². The molecule has 49 valence electrons. The summed E-state index contributed by atoms with van der Waals surface area (Å²) in [4.78, 5) is 3.98. The van der Waals surface area contributed by atoms with Gasteiger partial charge in [0.1, 0.15) is 5.82 Å². The highest BCUT2D eigenvalue weighted by Crippen LogP contribution is 2.04. The van der Waals surface area contributed by atoms with E-state index >= 15 is 0 Å². The van der Waals surface area contributed by atoms with E-state index in [1.165, 1.54) is 4.52 Å². The van der Waals surface area contributed by atoms with Gasteiger partial charge in [-0.2, -0.15) is 9.61 Å². The van der Waals surface area contributed by atoms with Crippen LogP contribution in [-0.2, 0) is 0 Å². The summed E-state index contributed by atoms with van der Waals surface area (Å²) in [6, 6.07) is 3.36. The standard InChI is InChI=1S/C6H5N4/c7-5-1-3-8-6-2-4-9-10(5)6/h1-4,7H. The molecule has 0 aliphatic carbocycles. The van der Waals surface area contributed by atoms with E-state index in [1.54, 1.807) is 24.5 Å². The molecular formula is C6H5N4. The molecular weight excluding hydrogens is 128 g/mol. The first-order valence-electron chi connectivity index (χ1n) is 2.88. The summed E-state index contributed by atoms with van der Waals surface area (Å²) in [5.74, 6) is 0.356. The van der Waals surface area contributed by atoms with Gasteiger partial charge in [0.15, 0.2) is 5.65 Å². The molecule has 0 saturated heterocycles. The van der Waals surface area contributed by atoms with Gasteiger partial charge in [-0.3, -0.25) is 5.73 Å². The number of fused-ring (bicyclic) bond motifs is 1. The van der Waals surface area contributed by atoms with Crippen LogP contribution in [0.4, 0.5) is 5.82 Å². The summed E-state index contributed by atoms with van der Waals surface area (Å²) in [5, 5.41) is 3.88. The van der Waals surface area contributed by atoms with Crippen molar-refractivity contribution < 1.29 is 0 Å². The van der Waals surface area contributed by atoms with Gasteiger partial charge in [-0.1, -0.05) is 0 Å². The van der Waals surface area contributed by atoms with Crippen molar-refractivity contribution in [1.29, 1.82) is 0 Å². The minimum absolute atomic E-state index is 0.356. The lowest BCUT2D eigenvalue weighted by atomic mass is 10.6. The van der Waals surface area contributed by atoms with Gasteiger partial charge in [0, 0.05) is 18.3 Å². The maximum atomic E-state index is 7.34. The van der Waals surface area contributed by atoms with Gasteiger partial charge in [0.2, 0.25) is 0 Å². The fraction of sp³-hybridized carbons (Fsp3) is 0. The summed E-state index contributed by atoms with van der Waals surface area (Å²) < 4.78 is 1.47. The molecule has 0 amide bonds. The Morgan fingerprint density at radius 1 is 1.30 bits per heavy atom. The summed E-state index contributed by atoms with van der Waals surface area (Å²) in [6.07, 6.45) is 3.22. The fourth-order valence-electron chi connectivity index (χ4n) is 0.835. The zero-order valence-corrected chi connectivity index (χ0v) is 5.15. The number of hydrogen-bond acceptors (Lipinski definition) is 2. The number of rotatable bonds is 0. The Labute approximate surface area is 57.3 Å². The Morgan fingerprint density at radius 3 is 3.00 bits per heavy atom. The molecule has 1 N–H and O–H groups in total. The van der Waals surface area contributed by atoms with Crippen LogP contribution in [0, 0.1) is 0 Å². The molecule has 2 aromatic rings. The Balaban J connectivity index is 2.95. The normalized spacial score (nSPS) is 10.4. The highest BCUT2D eigenvalue weighted by molar-refractivity contribution is 5.41. The van der Waals surface area contributed by atoms with Gasteiger partial charge in [-0.25, -0.2) is 4.98 Å². The summed E-state index contributed by atoms with van der Waals surface area (Å²) in [6.45, 7) is 0. The zero-order valence-electron chi connectivity index (χ0n) is 5.15. The molecule has 0 aliphatic rings. The Hall–Kier alpha value is -1.58. The predicted molar refractivity (Wildman–Crippen MR) is 35.7 cm³/mol. The molecule has 4 nitrogen and oxygen atoms in total. The van der Waals surface area contributed by atoms with Crippen molar-refractivity contribution in [3.05, 3.63) is 24.5 Å². The van der Waals surface area contributed by atoms with E-state index in [-0.39, 0.29) is 0 Å². The SMILES string of the molecule is [NH]c1ccnc2ccnn12. The van der Waals surface area contributed by atoms with Crippen LogP contribution < -0.4 is 5.73 Å². The van der Waals surface area contributed by atoms with Crippen LogP contribution in [0.25, 0.3) is 5.65 Å². The molecule has 2 rings (SSSR count). The third kappa shape index (κ3) is 0.556. The van der Waals surface area contributed by atoms with Crippen LogP contribution >= 0.6 is 0 Å². The smallest absolute Gasteiger partial charge is 0.157 e. The van der Waals surface area contributed by atoms with Gasteiger partial charge in [-0.15, -0.1) is 0 Å². The number of nitrogens with one attached hydrogen (secondary N) is 1. The van der Waals surface area contributed by atoms with E-state index in [2.05, 4.69) is 10.1 Å². The van der Waals surface area contributed by atoms with Crippen molar-refractivity contribution in [2.24, 2.45) is 0 Å². The lowest BCUT2D eigenvalue weighted by molar-refractivity contribution is 0.930. The van der Waals surface area contributed by atoms with E-state index in [0.717, 1.165) is 0 Å². The maximum Gasteiger partial charge on any atom is 0.157 e. The van der Waals surface area contributed by atoms with Crippen molar-refractivity contribution in [3.8, 4) is 0 Å². The summed E-state index contributed by atoms with van der Waals surface area (Å²) in [7, 11) is 0. The van der Waals surface area contributed by atoms with E-state index in [9.17, 15) is 0 Å². The van der Waals surface area contributed by atoms with Gasteiger partial charge in [0.25, 0.3) is 0 Å². The molecule has 2 heterocycles. The number of hydrogen-bond donors (Lipinski definition) is 0. The highest BCUT2D eigenvalue weighted by Gasteiger charge is 1.95. The molecule has 0 fully saturated rings. The largest absolute Gasteiger partial charge is 0.283 e. The lowest BCUT2D eigenvalue weighted by Crippen LogP contribution is -1.90. The Kier molecular flexibility index (Phi) is 0.887. The van der Waals surface area contributed by atoms with Gasteiger partial charge in [0.05, 0.1) is 6.20 Å². The summed E-state index contributed by atoms with van der Waals surface area (Å²) in [5.41, 5.74) is 8.06. The van der Waals surface area contributed by atoms with Crippen LogP contribution in [0.5, 0.6) is 0 Å². The highest BCUT2D eigenvalue weighted by atomic mass is 15.3. The van der Waals surface area contributed by atoms with Gasteiger partial charge >= 0.3 is 0 Å². The molecule has 0 aromatic carbocycles. The van der Waals surface area contributed by atoms with Crippen LogP contribution in [0.1, 0.15) is 0 Å². The molecule has 0 saturated carbocycles. The second-order valence-corrected chi connectivity index (χ2v) is 1.93. The Morgan fingerprint density at radius 2 is 2.20 bits per heavy atom. The zero-order chi connectivity index (χ0) is 6.97. The summed E-state index contributed by atoms with van der Waals surface area (Å²) >= 11 is 0. The molecule has 2 aromatic heterocycles. The third-order valence-electron chi connectivity index (χ3n) is 1.29. The quantitative estimate of drug-likeness (QED) is 0.529. The topological polar surface area (TPSA) is 54.0 Å². The van der Waals surface area contributed by atoms with Crippen LogP contribution in [0.2, 0.25) is 0 Å². The van der Waals surface area contributed by atoms with Crippen molar-refractivity contribution >= 4 is 11.5 Å². The number of nitrogens with zero attached hydrogens (tertiary/aromatic N) is 3. The second kappa shape index (κ2) is 1.70. The molecule has 4 heteroatoms. The van der Waals surface area contributed by atoms with E-state index in [1.807, 2.05) is 0 Å². The molecule has 0 spiro atoms. The first kappa shape index (κ1) is 5.22. The van der Waals surface area contributed by atoms with Crippen LogP contribution in [0.15, 0.2) is 24.5 Å². The monoisotopic (exact) mass is 133 g/mol. The third-order valence-corrected chi connectivity index (χ3v) is 1.29. The Bertz CT molecular complexity index is 351. The fourth-order valence-corrected chi connectivity index (χ4v) is 0.835. The molecule has 0 atom stereocenters. The van der Waals surface area contributed by atoms with E-state index < -0.39 is 0 Å². The van der Waals surface area contributed by atoms with Crippen molar-refractivity contribution in [3.63, 3.8) is 0 Å². The lowest BCUT2D eigenvalue weighted by Gasteiger charge is -1.92. The van der Waals surface area contributed by atoms with Crippen molar-refractivity contribution in [2.45, 2.75) is 0 Å². The number of aromatic nitrogens is 3. The van der Waals surface area contributed by atoms with Gasteiger partial charge in [-0.05, 0) is 0 Å². The molecule has 10 heavy (non-hydrogen) atoms. The molecule has 0 aliphatic heterocycles. The molecule has 1 radical (unpaired) electrons.